The smallest absolute Gasteiger partial charge is 0.118 e. The third-order valence-electron chi connectivity index (χ3n) is 2.68. The average Bonchev–Trinajstić information content (AvgIpc) is 2.85. The fourth-order valence-electron chi connectivity index (χ4n) is 1.74. The van der Waals surface area contributed by atoms with E-state index in [-0.39, 0.29) is 11.3 Å². The van der Waals surface area contributed by atoms with Crippen molar-refractivity contribution in [2.24, 2.45) is 5.73 Å². The van der Waals surface area contributed by atoms with Crippen LogP contribution in [0.2, 0.25) is 5.02 Å². The van der Waals surface area contributed by atoms with E-state index in [4.69, 9.17) is 21.8 Å². The summed E-state index contributed by atoms with van der Waals surface area (Å²) in [5.41, 5.74) is 7.14. The van der Waals surface area contributed by atoms with Crippen LogP contribution in [0.25, 0.3) is 0 Å². The van der Waals surface area contributed by atoms with Crippen molar-refractivity contribution < 1.29 is 4.42 Å². The minimum absolute atomic E-state index is 0.0311. The second-order valence-electron chi connectivity index (χ2n) is 4.20. The Kier molecular flexibility index (Phi) is 4.75. The molecule has 2 rings (SSSR count). The molecule has 0 bridgehead atoms. The number of furan rings is 1. The van der Waals surface area contributed by atoms with Gasteiger partial charge in [-0.3, -0.25) is 0 Å². The van der Waals surface area contributed by atoms with E-state index in [2.05, 4.69) is 0 Å². The molecule has 0 spiro atoms. The molecule has 2 unspecified atom stereocenters. The molecular formula is C14H16ClNOS. The molecule has 0 aliphatic rings. The standard InChI is InChI=1S/C14H16ClNOS/c1-10(16)14(13-7-4-8-17-13)18-9-11-5-2-3-6-12(11)15/h2-8,10,14H,9,16H2,1H3. The maximum atomic E-state index is 6.14. The summed E-state index contributed by atoms with van der Waals surface area (Å²) in [6.45, 7) is 1.99. The number of thioether (sulfide) groups is 1. The summed E-state index contributed by atoms with van der Waals surface area (Å²) in [6, 6.07) is 11.8. The third kappa shape index (κ3) is 3.31. The van der Waals surface area contributed by atoms with Crippen molar-refractivity contribution in [3.63, 3.8) is 0 Å². The highest BCUT2D eigenvalue weighted by molar-refractivity contribution is 7.98. The van der Waals surface area contributed by atoms with Crippen LogP contribution in [-0.2, 0) is 5.75 Å². The number of hydrogen-bond donors (Lipinski definition) is 1. The van der Waals surface area contributed by atoms with Crippen molar-refractivity contribution in [1.29, 1.82) is 0 Å². The van der Waals surface area contributed by atoms with Gasteiger partial charge in [0.2, 0.25) is 0 Å². The maximum Gasteiger partial charge on any atom is 0.118 e. The number of nitrogens with two attached hydrogens (primary N) is 1. The second kappa shape index (κ2) is 6.32. The van der Waals surface area contributed by atoms with Crippen LogP contribution in [0, 0.1) is 0 Å². The lowest BCUT2D eigenvalue weighted by Crippen LogP contribution is -2.22. The van der Waals surface area contributed by atoms with Gasteiger partial charge >= 0.3 is 0 Å². The minimum Gasteiger partial charge on any atom is -0.468 e. The molecule has 1 aromatic carbocycles. The Morgan fingerprint density at radius 3 is 2.67 bits per heavy atom. The third-order valence-corrected chi connectivity index (χ3v) is 4.54. The van der Waals surface area contributed by atoms with Crippen molar-refractivity contribution in [1.82, 2.24) is 0 Å². The van der Waals surface area contributed by atoms with E-state index in [1.165, 1.54) is 0 Å². The second-order valence-corrected chi connectivity index (χ2v) is 5.73. The van der Waals surface area contributed by atoms with Gasteiger partial charge in [-0.15, -0.1) is 11.8 Å². The number of benzene rings is 1. The quantitative estimate of drug-likeness (QED) is 0.890. The molecular weight excluding hydrogens is 266 g/mol. The van der Waals surface area contributed by atoms with Gasteiger partial charge < -0.3 is 10.2 Å². The van der Waals surface area contributed by atoms with Crippen LogP contribution < -0.4 is 5.73 Å². The van der Waals surface area contributed by atoms with Gasteiger partial charge in [-0.25, -0.2) is 0 Å². The molecule has 2 aromatic rings. The Hall–Kier alpha value is -0.900. The van der Waals surface area contributed by atoms with Crippen molar-refractivity contribution in [2.75, 3.05) is 0 Å². The van der Waals surface area contributed by atoms with Crippen LogP contribution in [0.3, 0.4) is 0 Å². The van der Waals surface area contributed by atoms with E-state index in [9.17, 15) is 0 Å². The lowest BCUT2D eigenvalue weighted by atomic mass is 10.2. The molecule has 2 nitrogen and oxygen atoms in total. The summed E-state index contributed by atoms with van der Waals surface area (Å²) in [7, 11) is 0. The highest BCUT2D eigenvalue weighted by Crippen LogP contribution is 2.35. The fraction of sp³-hybridized carbons (Fsp3) is 0.286. The van der Waals surface area contributed by atoms with E-state index in [0.717, 1.165) is 22.1 Å². The maximum absolute atomic E-state index is 6.14. The Bertz CT molecular complexity index is 484. The molecule has 4 heteroatoms. The van der Waals surface area contributed by atoms with Crippen molar-refractivity contribution in [3.05, 3.63) is 59.0 Å². The summed E-state index contributed by atoms with van der Waals surface area (Å²) in [5, 5.41) is 0.948. The Morgan fingerprint density at radius 2 is 2.06 bits per heavy atom. The van der Waals surface area contributed by atoms with Crippen molar-refractivity contribution in [2.45, 2.75) is 24.0 Å². The number of halogens is 1. The largest absolute Gasteiger partial charge is 0.468 e. The van der Waals surface area contributed by atoms with E-state index in [1.54, 1.807) is 18.0 Å². The lowest BCUT2D eigenvalue weighted by molar-refractivity contribution is 0.486. The monoisotopic (exact) mass is 281 g/mol. The number of rotatable bonds is 5. The first kappa shape index (κ1) is 13.5. The van der Waals surface area contributed by atoms with E-state index in [1.807, 2.05) is 43.3 Å². The highest BCUT2D eigenvalue weighted by atomic mass is 35.5. The summed E-state index contributed by atoms with van der Waals surface area (Å²) >= 11 is 7.90. The molecule has 1 heterocycles. The molecule has 2 N–H and O–H groups in total. The Morgan fingerprint density at radius 1 is 1.28 bits per heavy atom. The molecule has 96 valence electrons. The van der Waals surface area contributed by atoms with Crippen LogP contribution in [0.5, 0.6) is 0 Å². The van der Waals surface area contributed by atoms with Crippen LogP contribution in [-0.4, -0.2) is 6.04 Å². The van der Waals surface area contributed by atoms with Crippen LogP contribution in [0.4, 0.5) is 0 Å². The van der Waals surface area contributed by atoms with Gasteiger partial charge in [-0.05, 0) is 30.7 Å². The van der Waals surface area contributed by atoms with E-state index in [0.29, 0.717) is 0 Å². The van der Waals surface area contributed by atoms with Crippen LogP contribution in [0.15, 0.2) is 47.1 Å². The summed E-state index contributed by atoms with van der Waals surface area (Å²) in [5.74, 6) is 1.74. The minimum atomic E-state index is 0.0311. The van der Waals surface area contributed by atoms with E-state index < -0.39 is 0 Å². The predicted molar refractivity (Wildman–Crippen MR) is 77.8 cm³/mol. The molecule has 0 saturated heterocycles. The van der Waals surface area contributed by atoms with E-state index >= 15 is 0 Å². The first-order valence-electron chi connectivity index (χ1n) is 5.82. The molecule has 0 aliphatic carbocycles. The first-order valence-corrected chi connectivity index (χ1v) is 7.25. The summed E-state index contributed by atoms with van der Waals surface area (Å²) < 4.78 is 5.44. The zero-order valence-corrected chi connectivity index (χ0v) is 11.7. The van der Waals surface area contributed by atoms with Gasteiger partial charge in [-0.1, -0.05) is 29.8 Å². The van der Waals surface area contributed by atoms with Gasteiger partial charge in [0.05, 0.1) is 11.5 Å². The van der Waals surface area contributed by atoms with Crippen molar-refractivity contribution >= 4 is 23.4 Å². The zero-order valence-electron chi connectivity index (χ0n) is 10.2. The molecule has 18 heavy (non-hydrogen) atoms. The normalized spacial score (nSPS) is 14.4. The summed E-state index contributed by atoms with van der Waals surface area (Å²) in [4.78, 5) is 0. The molecule has 0 amide bonds. The SMILES string of the molecule is CC(N)C(SCc1ccccc1Cl)c1ccco1. The van der Waals surface area contributed by atoms with Crippen LogP contribution in [0.1, 0.15) is 23.5 Å². The molecule has 0 saturated carbocycles. The van der Waals surface area contributed by atoms with Gasteiger partial charge in [0.15, 0.2) is 0 Å². The topological polar surface area (TPSA) is 39.2 Å². The Labute approximate surface area is 117 Å². The molecule has 0 fully saturated rings. The predicted octanol–water partition coefficient (Wildman–Crippen LogP) is 4.25. The average molecular weight is 282 g/mol. The van der Waals surface area contributed by atoms with Gasteiger partial charge in [0, 0.05) is 16.8 Å². The van der Waals surface area contributed by atoms with Gasteiger partial charge in [-0.2, -0.15) is 0 Å². The first-order chi connectivity index (χ1) is 8.68. The lowest BCUT2D eigenvalue weighted by Gasteiger charge is -2.18. The molecule has 2 atom stereocenters. The van der Waals surface area contributed by atoms with Crippen LogP contribution >= 0.6 is 23.4 Å². The molecule has 1 aromatic heterocycles. The summed E-state index contributed by atoms with van der Waals surface area (Å²) in [6.07, 6.45) is 1.68. The number of hydrogen-bond acceptors (Lipinski definition) is 3. The highest BCUT2D eigenvalue weighted by Gasteiger charge is 2.19. The molecule has 0 aliphatic heterocycles. The Balaban J connectivity index is 2.05. The van der Waals surface area contributed by atoms with Crippen molar-refractivity contribution in [3.8, 4) is 0 Å². The van der Waals surface area contributed by atoms with Gasteiger partial charge in [0.25, 0.3) is 0 Å². The molecule has 0 radical (unpaired) electrons. The fourth-order valence-corrected chi connectivity index (χ4v) is 3.24. The zero-order chi connectivity index (χ0) is 13.0. The van der Waals surface area contributed by atoms with Gasteiger partial charge in [0.1, 0.15) is 5.76 Å².